The standard InChI is InChI=1S/C15H17ClF2N6O/c16-4-3-15(25)23-7-5-22(6-8-23)10-14-19-20-21-24(14)11-1-2-12(17)13(18)9-11/h1-2,9H,3-8,10H2. The van der Waals surface area contributed by atoms with Gasteiger partial charge < -0.3 is 4.90 Å². The number of tetrazole rings is 1. The van der Waals surface area contributed by atoms with Crippen molar-refractivity contribution in [2.45, 2.75) is 13.0 Å². The molecular formula is C15H17ClF2N6O. The highest BCUT2D eigenvalue weighted by molar-refractivity contribution is 6.18. The van der Waals surface area contributed by atoms with E-state index in [-0.39, 0.29) is 5.91 Å². The second-order valence-electron chi connectivity index (χ2n) is 5.70. The number of amides is 1. The average Bonchev–Trinajstić information content (AvgIpc) is 3.06. The number of hydrogen-bond acceptors (Lipinski definition) is 5. The van der Waals surface area contributed by atoms with Crippen LogP contribution < -0.4 is 0 Å². The van der Waals surface area contributed by atoms with Crippen LogP contribution in [0.4, 0.5) is 8.78 Å². The molecule has 0 saturated carbocycles. The Balaban J connectivity index is 1.64. The quantitative estimate of drug-likeness (QED) is 0.740. The first-order chi connectivity index (χ1) is 12.1. The van der Waals surface area contributed by atoms with Crippen LogP contribution in [0, 0.1) is 11.6 Å². The number of halogens is 3. The van der Waals surface area contributed by atoms with Crippen molar-refractivity contribution in [2.24, 2.45) is 0 Å². The van der Waals surface area contributed by atoms with Gasteiger partial charge >= 0.3 is 0 Å². The van der Waals surface area contributed by atoms with Crippen molar-refractivity contribution in [3.63, 3.8) is 0 Å². The molecule has 1 aromatic carbocycles. The fourth-order valence-electron chi connectivity index (χ4n) is 2.72. The summed E-state index contributed by atoms with van der Waals surface area (Å²) in [6.07, 6.45) is 0.343. The smallest absolute Gasteiger partial charge is 0.223 e. The molecule has 0 bridgehead atoms. The highest BCUT2D eigenvalue weighted by atomic mass is 35.5. The molecule has 10 heteroatoms. The van der Waals surface area contributed by atoms with E-state index in [1.165, 1.54) is 10.7 Å². The number of carbonyl (C=O) groups excluding carboxylic acids is 1. The van der Waals surface area contributed by atoms with Crippen molar-refractivity contribution in [3.8, 4) is 5.69 Å². The van der Waals surface area contributed by atoms with Crippen LogP contribution in [0.2, 0.25) is 0 Å². The van der Waals surface area contributed by atoms with Crippen molar-refractivity contribution in [2.75, 3.05) is 32.1 Å². The van der Waals surface area contributed by atoms with Gasteiger partial charge in [-0.25, -0.2) is 8.78 Å². The molecule has 25 heavy (non-hydrogen) atoms. The summed E-state index contributed by atoms with van der Waals surface area (Å²) in [5, 5.41) is 11.4. The Labute approximate surface area is 148 Å². The summed E-state index contributed by atoms with van der Waals surface area (Å²) in [5.41, 5.74) is 0.356. The SMILES string of the molecule is O=C(CCCl)N1CCN(Cc2nnnn2-c2ccc(F)c(F)c2)CC1. The Morgan fingerprint density at radius 1 is 1.16 bits per heavy atom. The molecule has 1 aliphatic rings. The molecule has 1 saturated heterocycles. The summed E-state index contributed by atoms with van der Waals surface area (Å²) in [6.45, 7) is 3.03. The van der Waals surface area contributed by atoms with E-state index in [0.29, 0.717) is 56.5 Å². The van der Waals surface area contributed by atoms with Crippen molar-refractivity contribution in [3.05, 3.63) is 35.7 Å². The van der Waals surface area contributed by atoms with Crippen LogP contribution in [0.15, 0.2) is 18.2 Å². The van der Waals surface area contributed by atoms with E-state index >= 15 is 0 Å². The van der Waals surface area contributed by atoms with Gasteiger partial charge in [0.2, 0.25) is 5.91 Å². The number of nitrogens with zero attached hydrogens (tertiary/aromatic N) is 6. The molecule has 1 amide bonds. The van der Waals surface area contributed by atoms with E-state index in [9.17, 15) is 13.6 Å². The van der Waals surface area contributed by atoms with E-state index < -0.39 is 11.6 Å². The molecule has 0 atom stereocenters. The molecule has 134 valence electrons. The van der Waals surface area contributed by atoms with E-state index in [2.05, 4.69) is 20.4 Å². The van der Waals surface area contributed by atoms with Crippen LogP contribution >= 0.6 is 11.6 Å². The van der Waals surface area contributed by atoms with E-state index in [4.69, 9.17) is 11.6 Å². The van der Waals surface area contributed by atoms with Gasteiger partial charge in [-0.2, -0.15) is 4.68 Å². The summed E-state index contributed by atoms with van der Waals surface area (Å²) < 4.78 is 27.9. The van der Waals surface area contributed by atoms with Crippen LogP contribution in [0.1, 0.15) is 12.2 Å². The van der Waals surface area contributed by atoms with E-state index in [1.54, 1.807) is 4.90 Å². The minimum Gasteiger partial charge on any atom is -0.340 e. The molecule has 2 heterocycles. The lowest BCUT2D eigenvalue weighted by Gasteiger charge is -2.34. The molecule has 0 radical (unpaired) electrons. The van der Waals surface area contributed by atoms with Gasteiger partial charge in [0.05, 0.1) is 12.2 Å². The van der Waals surface area contributed by atoms with E-state index in [1.807, 2.05) is 0 Å². The summed E-state index contributed by atoms with van der Waals surface area (Å²) >= 11 is 5.60. The highest BCUT2D eigenvalue weighted by Crippen LogP contribution is 2.15. The molecule has 7 nitrogen and oxygen atoms in total. The lowest BCUT2D eigenvalue weighted by molar-refractivity contribution is -0.132. The first-order valence-electron chi connectivity index (χ1n) is 7.87. The molecule has 1 fully saturated rings. The van der Waals surface area contributed by atoms with Crippen LogP contribution in [0.3, 0.4) is 0 Å². The van der Waals surface area contributed by atoms with Gasteiger partial charge in [-0.05, 0) is 22.6 Å². The molecule has 3 rings (SSSR count). The van der Waals surface area contributed by atoms with Gasteiger partial charge in [-0.1, -0.05) is 0 Å². The number of carbonyl (C=O) groups is 1. The minimum atomic E-state index is -0.953. The third-order valence-corrected chi connectivity index (χ3v) is 4.27. The number of aromatic nitrogens is 4. The molecule has 0 N–H and O–H groups in total. The number of benzene rings is 1. The summed E-state index contributed by atoms with van der Waals surface area (Å²) in [5.74, 6) is -0.975. The number of rotatable bonds is 5. The lowest BCUT2D eigenvalue weighted by Crippen LogP contribution is -2.48. The molecule has 1 aromatic heterocycles. The fourth-order valence-corrected chi connectivity index (χ4v) is 2.88. The molecule has 0 spiro atoms. The van der Waals surface area contributed by atoms with Gasteiger partial charge in [0.25, 0.3) is 0 Å². The van der Waals surface area contributed by atoms with Gasteiger partial charge in [0.15, 0.2) is 17.5 Å². The maximum atomic E-state index is 13.4. The lowest BCUT2D eigenvalue weighted by atomic mass is 10.2. The van der Waals surface area contributed by atoms with Crippen LogP contribution in [-0.2, 0) is 11.3 Å². The zero-order chi connectivity index (χ0) is 17.8. The summed E-state index contributed by atoms with van der Waals surface area (Å²) in [7, 11) is 0. The Kier molecular flexibility index (Phi) is 5.54. The third-order valence-electron chi connectivity index (χ3n) is 4.08. The summed E-state index contributed by atoms with van der Waals surface area (Å²) in [4.78, 5) is 15.7. The Bertz CT molecular complexity index is 747. The van der Waals surface area contributed by atoms with E-state index in [0.717, 1.165) is 12.1 Å². The molecule has 2 aromatic rings. The van der Waals surface area contributed by atoms with Gasteiger partial charge in [-0.15, -0.1) is 16.7 Å². The number of alkyl halides is 1. The van der Waals surface area contributed by atoms with Gasteiger partial charge in [0.1, 0.15) is 0 Å². The first-order valence-corrected chi connectivity index (χ1v) is 8.40. The largest absolute Gasteiger partial charge is 0.340 e. The number of hydrogen-bond donors (Lipinski definition) is 0. The van der Waals surface area contributed by atoms with Crippen molar-refractivity contribution >= 4 is 17.5 Å². The minimum absolute atomic E-state index is 0.0567. The third kappa shape index (κ3) is 4.10. The second kappa shape index (κ2) is 7.83. The Morgan fingerprint density at radius 3 is 2.60 bits per heavy atom. The Morgan fingerprint density at radius 2 is 1.92 bits per heavy atom. The molecular weight excluding hydrogens is 354 g/mol. The predicted octanol–water partition coefficient (Wildman–Crippen LogP) is 1.21. The average molecular weight is 371 g/mol. The van der Waals surface area contributed by atoms with Crippen LogP contribution in [0.5, 0.6) is 0 Å². The summed E-state index contributed by atoms with van der Waals surface area (Å²) in [6, 6.07) is 3.51. The highest BCUT2D eigenvalue weighted by Gasteiger charge is 2.22. The Hall–Kier alpha value is -2.13. The maximum absolute atomic E-state index is 13.4. The van der Waals surface area contributed by atoms with Crippen molar-refractivity contribution in [1.29, 1.82) is 0 Å². The second-order valence-corrected chi connectivity index (χ2v) is 6.08. The van der Waals surface area contributed by atoms with Crippen LogP contribution in [-0.4, -0.2) is 68.0 Å². The zero-order valence-corrected chi connectivity index (χ0v) is 14.2. The van der Waals surface area contributed by atoms with Crippen LogP contribution in [0.25, 0.3) is 5.69 Å². The fraction of sp³-hybridized carbons (Fsp3) is 0.467. The van der Waals surface area contributed by atoms with Gasteiger partial charge in [0, 0.05) is 44.5 Å². The maximum Gasteiger partial charge on any atom is 0.223 e. The normalized spacial score (nSPS) is 15.6. The van der Waals surface area contributed by atoms with Crippen molar-refractivity contribution in [1.82, 2.24) is 30.0 Å². The molecule has 0 aliphatic carbocycles. The first kappa shape index (κ1) is 17.7. The number of piperazine rings is 1. The topological polar surface area (TPSA) is 67.2 Å². The predicted molar refractivity (Wildman–Crippen MR) is 86.3 cm³/mol. The van der Waals surface area contributed by atoms with Gasteiger partial charge in [-0.3, -0.25) is 9.69 Å². The zero-order valence-electron chi connectivity index (χ0n) is 13.4. The monoisotopic (exact) mass is 370 g/mol. The van der Waals surface area contributed by atoms with Crippen molar-refractivity contribution < 1.29 is 13.6 Å². The molecule has 1 aliphatic heterocycles. The molecule has 0 unspecified atom stereocenters.